The van der Waals surface area contributed by atoms with Crippen LogP contribution in [0.2, 0.25) is 0 Å². The molecule has 22 heavy (non-hydrogen) atoms. The first kappa shape index (κ1) is 15.5. The van der Waals surface area contributed by atoms with Gasteiger partial charge in [0.1, 0.15) is 0 Å². The van der Waals surface area contributed by atoms with Gasteiger partial charge < -0.3 is 10.6 Å². The number of benzene rings is 1. The van der Waals surface area contributed by atoms with Crippen molar-refractivity contribution in [1.82, 2.24) is 0 Å². The molecule has 1 fully saturated rings. The molecule has 1 heterocycles. The van der Waals surface area contributed by atoms with Crippen LogP contribution in [0, 0.1) is 0 Å². The van der Waals surface area contributed by atoms with E-state index in [1.54, 1.807) is 5.56 Å². The van der Waals surface area contributed by atoms with Gasteiger partial charge >= 0.3 is 0 Å². The number of nitrogens with zero attached hydrogens (tertiary/aromatic N) is 2. The van der Waals surface area contributed by atoms with E-state index in [9.17, 15) is 0 Å². The number of hydrogen-bond donors (Lipinski definition) is 1. The first-order chi connectivity index (χ1) is 10.7. The lowest BCUT2D eigenvalue weighted by Crippen LogP contribution is -2.23. The fourth-order valence-corrected chi connectivity index (χ4v) is 3.46. The van der Waals surface area contributed by atoms with Gasteiger partial charge in [0.15, 0.2) is 0 Å². The number of unbranched alkanes of at least 4 members (excludes halogenated alkanes) is 2. The number of aliphatic imine (C=N–C) groups is 1. The highest BCUT2D eigenvalue weighted by molar-refractivity contribution is 5.84. The van der Waals surface area contributed by atoms with Crippen LogP contribution in [0.15, 0.2) is 17.1 Å². The van der Waals surface area contributed by atoms with Crippen LogP contribution < -0.4 is 10.6 Å². The van der Waals surface area contributed by atoms with E-state index in [-0.39, 0.29) is 0 Å². The van der Waals surface area contributed by atoms with Gasteiger partial charge in [0.25, 0.3) is 0 Å². The summed E-state index contributed by atoms with van der Waals surface area (Å²) >= 11 is 0. The van der Waals surface area contributed by atoms with Crippen LogP contribution in [0.25, 0.3) is 0 Å². The molecule has 2 aliphatic rings. The first-order valence-electron chi connectivity index (χ1n) is 8.82. The third-order valence-electron chi connectivity index (χ3n) is 5.04. The van der Waals surface area contributed by atoms with Gasteiger partial charge in [-0.2, -0.15) is 0 Å². The average molecular weight is 299 g/mol. The number of rotatable bonds is 7. The highest BCUT2D eigenvalue weighted by Gasteiger charge is 2.30. The van der Waals surface area contributed by atoms with E-state index >= 15 is 0 Å². The maximum absolute atomic E-state index is 5.59. The predicted molar refractivity (Wildman–Crippen MR) is 95.8 cm³/mol. The first-order valence-corrected chi connectivity index (χ1v) is 8.82. The van der Waals surface area contributed by atoms with E-state index in [1.807, 2.05) is 6.21 Å². The van der Waals surface area contributed by atoms with E-state index in [2.05, 4.69) is 36.0 Å². The summed E-state index contributed by atoms with van der Waals surface area (Å²) in [4.78, 5) is 7.04. The second-order valence-corrected chi connectivity index (χ2v) is 6.98. The lowest BCUT2D eigenvalue weighted by atomic mass is 9.91. The van der Waals surface area contributed by atoms with Gasteiger partial charge in [0, 0.05) is 13.3 Å². The topological polar surface area (TPSA) is 41.6 Å². The molecule has 1 atom stereocenters. The zero-order valence-electron chi connectivity index (χ0n) is 14.0. The largest absolute Gasteiger partial charge is 0.367 e. The molecule has 1 saturated carbocycles. The Kier molecular flexibility index (Phi) is 4.82. The summed E-state index contributed by atoms with van der Waals surface area (Å²) in [6, 6.07) is 4.79. The van der Waals surface area contributed by atoms with Gasteiger partial charge in [-0.1, -0.05) is 25.8 Å². The van der Waals surface area contributed by atoms with Gasteiger partial charge in [0.05, 0.1) is 17.9 Å². The minimum atomic E-state index is 0.614. The van der Waals surface area contributed by atoms with Crippen LogP contribution in [0.4, 0.5) is 11.4 Å². The molecule has 0 radical (unpaired) electrons. The quantitative estimate of drug-likeness (QED) is 0.761. The lowest BCUT2D eigenvalue weighted by Gasteiger charge is -2.27. The SMILES string of the molecule is CC(CCCCCN)c1cc2c(c(C3CC3)c1)N(C)CC=N2. The Morgan fingerprint density at radius 2 is 2.09 bits per heavy atom. The minimum Gasteiger partial charge on any atom is -0.367 e. The molecule has 3 nitrogen and oxygen atoms in total. The summed E-state index contributed by atoms with van der Waals surface area (Å²) < 4.78 is 0. The molecule has 1 unspecified atom stereocenters. The van der Waals surface area contributed by atoms with E-state index < -0.39 is 0 Å². The lowest BCUT2D eigenvalue weighted by molar-refractivity contribution is 0.588. The van der Waals surface area contributed by atoms with Gasteiger partial charge in [-0.3, -0.25) is 4.99 Å². The molecule has 1 aromatic carbocycles. The Morgan fingerprint density at radius 1 is 1.27 bits per heavy atom. The fourth-order valence-electron chi connectivity index (χ4n) is 3.46. The molecule has 3 heteroatoms. The van der Waals surface area contributed by atoms with Crippen molar-refractivity contribution < 1.29 is 0 Å². The Morgan fingerprint density at radius 3 is 2.82 bits per heavy atom. The third kappa shape index (κ3) is 3.35. The molecule has 1 aliphatic carbocycles. The number of hydrogen-bond acceptors (Lipinski definition) is 3. The highest BCUT2D eigenvalue weighted by Crippen LogP contribution is 2.49. The summed E-state index contributed by atoms with van der Waals surface area (Å²) in [5.41, 5.74) is 11.2. The Balaban J connectivity index is 1.80. The second-order valence-electron chi connectivity index (χ2n) is 6.98. The molecule has 3 rings (SSSR count). The van der Waals surface area contributed by atoms with Gasteiger partial charge in [-0.05, 0) is 61.3 Å². The fraction of sp³-hybridized carbons (Fsp3) is 0.632. The van der Waals surface area contributed by atoms with Crippen LogP contribution >= 0.6 is 0 Å². The van der Waals surface area contributed by atoms with E-state index in [0.29, 0.717) is 5.92 Å². The normalized spacial score (nSPS) is 18.4. The molecular weight excluding hydrogens is 270 g/mol. The Hall–Kier alpha value is -1.35. The van der Waals surface area contributed by atoms with Crippen LogP contribution in [0.3, 0.4) is 0 Å². The van der Waals surface area contributed by atoms with Crippen molar-refractivity contribution in [1.29, 1.82) is 0 Å². The Labute approximate surface area is 134 Å². The molecule has 0 spiro atoms. The molecule has 120 valence electrons. The van der Waals surface area contributed by atoms with Crippen molar-refractivity contribution in [2.24, 2.45) is 10.7 Å². The van der Waals surface area contributed by atoms with E-state index in [1.165, 1.54) is 49.0 Å². The van der Waals surface area contributed by atoms with Crippen molar-refractivity contribution >= 4 is 17.6 Å². The van der Waals surface area contributed by atoms with Crippen molar-refractivity contribution in [3.8, 4) is 0 Å². The molecule has 0 bridgehead atoms. The van der Waals surface area contributed by atoms with Crippen LogP contribution in [-0.2, 0) is 0 Å². The van der Waals surface area contributed by atoms with Crippen molar-refractivity contribution in [3.63, 3.8) is 0 Å². The molecule has 1 aromatic rings. The van der Waals surface area contributed by atoms with Crippen LogP contribution in [0.5, 0.6) is 0 Å². The number of nitrogens with two attached hydrogens (primary N) is 1. The number of fused-ring (bicyclic) bond motifs is 1. The third-order valence-corrected chi connectivity index (χ3v) is 5.04. The van der Waals surface area contributed by atoms with E-state index in [4.69, 9.17) is 5.73 Å². The maximum atomic E-state index is 5.59. The molecular formula is C19H29N3. The Bertz CT molecular complexity index is 546. The highest BCUT2D eigenvalue weighted by atomic mass is 15.1. The summed E-state index contributed by atoms with van der Waals surface area (Å²) in [5.74, 6) is 1.39. The molecule has 1 aliphatic heterocycles. The second kappa shape index (κ2) is 6.82. The summed E-state index contributed by atoms with van der Waals surface area (Å²) in [5, 5.41) is 0. The zero-order chi connectivity index (χ0) is 15.5. The summed E-state index contributed by atoms with van der Waals surface area (Å²) in [7, 11) is 2.19. The van der Waals surface area contributed by atoms with Gasteiger partial charge in [-0.15, -0.1) is 0 Å². The summed E-state index contributed by atoms with van der Waals surface area (Å²) in [6.07, 6.45) is 9.66. The van der Waals surface area contributed by atoms with Gasteiger partial charge in [0.2, 0.25) is 0 Å². The number of anilines is 1. The predicted octanol–water partition coefficient (Wildman–Crippen LogP) is 4.34. The minimum absolute atomic E-state index is 0.614. The van der Waals surface area contributed by atoms with Gasteiger partial charge in [-0.25, -0.2) is 0 Å². The van der Waals surface area contributed by atoms with Crippen LogP contribution in [-0.4, -0.2) is 26.4 Å². The zero-order valence-corrected chi connectivity index (χ0v) is 14.0. The maximum Gasteiger partial charge on any atom is 0.0865 e. The molecule has 0 amide bonds. The summed E-state index contributed by atoms with van der Waals surface area (Å²) in [6.45, 7) is 4.11. The average Bonchev–Trinajstić information content (AvgIpc) is 3.35. The van der Waals surface area contributed by atoms with Crippen molar-refractivity contribution in [2.75, 3.05) is 25.0 Å². The standard InChI is InChI=1S/C19H29N3/c1-14(6-4-3-5-9-20)16-12-17(15-7-8-15)19-18(13-16)21-10-11-22(19)2/h10,12-15H,3-9,11,20H2,1-2H3. The smallest absolute Gasteiger partial charge is 0.0865 e. The van der Waals surface area contributed by atoms with Crippen molar-refractivity contribution in [3.05, 3.63) is 23.3 Å². The molecule has 2 N–H and O–H groups in total. The van der Waals surface area contributed by atoms with Crippen LogP contribution in [0.1, 0.15) is 68.4 Å². The monoisotopic (exact) mass is 299 g/mol. The van der Waals surface area contributed by atoms with Crippen molar-refractivity contribution in [2.45, 2.75) is 57.3 Å². The molecule has 0 saturated heterocycles. The van der Waals surface area contributed by atoms with E-state index in [0.717, 1.165) is 25.4 Å². The molecule has 0 aromatic heterocycles.